The van der Waals surface area contributed by atoms with Gasteiger partial charge in [-0.3, -0.25) is 4.79 Å². The van der Waals surface area contributed by atoms with Gasteiger partial charge < -0.3 is 5.11 Å². The van der Waals surface area contributed by atoms with E-state index in [-0.39, 0.29) is 5.92 Å². The highest BCUT2D eigenvalue weighted by atomic mass is 16.4. The van der Waals surface area contributed by atoms with Gasteiger partial charge in [0.25, 0.3) is 0 Å². The molecule has 0 saturated carbocycles. The second kappa shape index (κ2) is 3.07. The van der Waals surface area contributed by atoms with Crippen LogP contribution in [0, 0.1) is 11.8 Å². The van der Waals surface area contributed by atoms with E-state index in [2.05, 4.69) is 0 Å². The molecule has 0 saturated heterocycles. The van der Waals surface area contributed by atoms with E-state index in [1.807, 2.05) is 19.9 Å². The molecule has 2 unspecified atom stereocenters. The number of carboxylic acid groups (broad SMARTS) is 1. The summed E-state index contributed by atoms with van der Waals surface area (Å²) >= 11 is 0. The van der Waals surface area contributed by atoms with Crippen molar-refractivity contribution in [3.63, 3.8) is 0 Å². The molecule has 1 rings (SSSR count). The van der Waals surface area contributed by atoms with Crippen LogP contribution in [-0.4, -0.2) is 11.1 Å². The van der Waals surface area contributed by atoms with Crippen LogP contribution in [0.3, 0.4) is 0 Å². The highest BCUT2D eigenvalue weighted by Crippen LogP contribution is 2.29. The summed E-state index contributed by atoms with van der Waals surface area (Å²) in [6, 6.07) is 0. The molecule has 0 aromatic carbocycles. The average molecular weight is 154 g/mol. The van der Waals surface area contributed by atoms with Crippen LogP contribution in [0.15, 0.2) is 11.6 Å². The van der Waals surface area contributed by atoms with Crippen LogP contribution in [0.5, 0.6) is 0 Å². The molecule has 1 N–H and O–H groups in total. The molecule has 2 atom stereocenters. The maximum Gasteiger partial charge on any atom is 0.310 e. The second-order valence-electron chi connectivity index (χ2n) is 3.32. The predicted molar refractivity (Wildman–Crippen MR) is 43.3 cm³/mol. The third-order valence-corrected chi connectivity index (χ3v) is 2.41. The van der Waals surface area contributed by atoms with Crippen molar-refractivity contribution in [1.29, 1.82) is 0 Å². The Morgan fingerprint density at radius 3 is 2.73 bits per heavy atom. The highest BCUT2D eigenvalue weighted by molar-refractivity contribution is 5.74. The Kier molecular flexibility index (Phi) is 2.32. The summed E-state index contributed by atoms with van der Waals surface area (Å²) in [5, 5.41) is 8.84. The summed E-state index contributed by atoms with van der Waals surface area (Å²) in [5.74, 6) is -0.604. The predicted octanol–water partition coefficient (Wildman–Crippen LogP) is 2.06. The molecule has 0 aromatic rings. The maximum atomic E-state index is 10.7. The smallest absolute Gasteiger partial charge is 0.310 e. The van der Waals surface area contributed by atoms with Gasteiger partial charge in [-0.2, -0.15) is 0 Å². The number of aliphatic carboxylic acids is 1. The van der Waals surface area contributed by atoms with Crippen LogP contribution in [0.2, 0.25) is 0 Å². The zero-order valence-electron chi connectivity index (χ0n) is 7.00. The molecule has 1 aliphatic rings. The first-order valence-corrected chi connectivity index (χ1v) is 4.02. The molecule has 0 amide bonds. The van der Waals surface area contributed by atoms with Crippen molar-refractivity contribution in [3.8, 4) is 0 Å². The minimum absolute atomic E-state index is 0.233. The van der Waals surface area contributed by atoms with Gasteiger partial charge >= 0.3 is 5.97 Å². The molecular formula is C9H14O2. The van der Waals surface area contributed by atoms with Crippen LogP contribution in [-0.2, 0) is 4.79 Å². The Bertz CT molecular complexity index is 194. The number of hydrogen-bond acceptors (Lipinski definition) is 1. The van der Waals surface area contributed by atoms with Crippen molar-refractivity contribution in [2.24, 2.45) is 11.8 Å². The van der Waals surface area contributed by atoms with Gasteiger partial charge in [-0.1, -0.05) is 18.6 Å². The molecule has 62 valence electrons. The van der Waals surface area contributed by atoms with E-state index in [0.29, 0.717) is 5.92 Å². The van der Waals surface area contributed by atoms with E-state index in [9.17, 15) is 4.79 Å². The maximum absolute atomic E-state index is 10.7. The highest BCUT2D eigenvalue weighted by Gasteiger charge is 2.27. The normalized spacial score (nSPS) is 31.3. The van der Waals surface area contributed by atoms with Crippen LogP contribution in [0.25, 0.3) is 0 Å². The van der Waals surface area contributed by atoms with E-state index in [0.717, 1.165) is 18.4 Å². The molecule has 0 spiro atoms. The lowest BCUT2D eigenvalue weighted by Gasteiger charge is -2.24. The summed E-state index contributed by atoms with van der Waals surface area (Å²) in [6.45, 7) is 3.92. The summed E-state index contributed by atoms with van der Waals surface area (Å²) in [7, 11) is 0. The van der Waals surface area contributed by atoms with Gasteiger partial charge in [-0.05, 0) is 25.7 Å². The minimum Gasteiger partial charge on any atom is -0.481 e. The second-order valence-corrected chi connectivity index (χ2v) is 3.32. The van der Waals surface area contributed by atoms with Crippen molar-refractivity contribution in [3.05, 3.63) is 11.6 Å². The molecule has 0 aromatic heterocycles. The van der Waals surface area contributed by atoms with Gasteiger partial charge in [-0.15, -0.1) is 0 Å². The Hall–Kier alpha value is -0.790. The number of carbonyl (C=O) groups is 1. The topological polar surface area (TPSA) is 37.3 Å². The fourth-order valence-corrected chi connectivity index (χ4v) is 1.75. The first-order chi connectivity index (χ1) is 5.13. The Morgan fingerprint density at radius 2 is 2.36 bits per heavy atom. The first-order valence-electron chi connectivity index (χ1n) is 4.02. The molecule has 0 bridgehead atoms. The molecule has 0 fully saturated rings. The summed E-state index contributed by atoms with van der Waals surface area (Å²) < 4.78 is 0. The molecular weight excluding hydrogens is 140 g/mol. The number of carboxylic acids is 1. The molecule has 1 aliphatic carbocycles. The van der Waals surface area contributed by atoms with Gasteiger partial charge in [-0.25, -0.2) is 0 Å². The SMILES string of the molecule is CC1=CCCC(C)C1C(=O)O. The molecule has 0 heterocycles. The van der Waals surface area contributed by atoms with E-state index < -0.39 is 5.97 Å². The van der Waals surface area contributed by atoms with Crippen molar-refractivity contribution in [2.45, 2.75) is 26.7 Å². The van der Waals surface area contributed by atoms with Crippen LogP contribution in [0.1, 0.15) is 26.7 Å². The third kappa shape index (κ3) is 1.62. The quantitative estimate of drug-likeness (QED) is 0.587. The van der Waals surface area contributed by atoms with Gasteiger partial charge in [0.1, 0.15) is 0 Å². The molecule has 0 aliphatic heterocycles. The monoisotopic (exact) mass is 154 g/mol. The zero-order valence-corrected chi connectivity index (χ0v) is 7.00. The molecule has 0 radical (unpaired) electrons. The van der Waals surface area contributed by atoms with E-state index in [1.54, 1.807) is 0 Å². The number of rotatable bonds is 1. The Labute approximate surface area is 66.9 Å². The lowest BCUT2D eigenvalue weighted by atomic mass is 9.80. The fourth-order valence-electron chi connectivity index (χ4n) is 1.75. The minimum atomic E-state index is -0.675. The summed E-state index contributed by atoms with van der Waals surface area (Å²) in [4.78, 5) is 10.7. The van der Waals surface area contributed by atoms with Gasteiger partial charge in [0.2, 0.25) is 0 Å². The Balaban J connectivity index is 2.80. The summed E-state index contributed by atoms with van der Waals surface area (Å²) in [6.07, 6.45) is 4.09. The van der Waals surface area contributed by atoms with E-state index >= 15 is 0 Å². The lowest BCUT2D eigenvalue weighted by molar-refractivity contribution is -0.142. The van der Waals surface area contributed by atoms with Crippen LogP contribution in [0.4, 0.5) is 0 Å². The average Bonchev–Trinajstić information content (AvgIpc) is 1.85. The molecule has 2 heteroatoms. The van der Waals surface area contributed by atoms with Crippen LogP contribution < -0.4 is 0 Å². The summed E-state index contributed by atoms with van der Waals surface area (Å²) in [5.41, 5.74) is 1.02. The number of allylic oxidation sites excluding steroid dienone is 1. The third-order valence-electron chi connectivity index (χ3n) is 2.41. The van der Waals surface area contributed by atoms with E-state index in [4.69, 9.17) is 5.11 Å². The van der Waals surface area contributed by atoms with Gasteiger partial charge in [0.15, 0.2) is 0 Å². The van der Waals surface area contributed by atoms with Gasteiger partial charge in [0.05, 0.1) is 5.92 Å². The van der Waals surface area contributed by atoms with Crippen LogP contribution >= 0.6 is 0 Å². The van der Waals surface area contributed by atoms with Crippen molar-refractivity contribution < 1.29 is 9.90 Å². The van der Waals surface area contributed by atoms with E-state index in [1.165, 1.54) is 0 Å². The molecule has 2 nitrogen and oxygen atoms in total. The van der Waals surface area contributed by atoms with Gasteiger partial charge in [0, 0.05) is 0 Å². The van der Waals surface area contributed by atoms with Crippen molar-refractivity contribution >= 4 is 5.97 Å². The first kappa shape index (κ1) is 8.31. The lowest BCUT2D eigenvalue weighted by Crippen LogP contribution is -2.25. The molecule has 11 heavy (non-hydrogen) atoms. The van der Waals surface area contributed by atoms with Crippen molar-refractivity contribution in [2.75, 3.05) is 0 Å². The number of hydrogen-bond donors (Lipinski definition) is 1. The Morgan fingerprint density at radius 1 is 1.73 bits per heavy atom. The van der Waals surface area contributed by atoms with Crippen molar-refractivity contribution in [1.82, 2.24) is 0 Å². The largest absolute Gasteiger partial charge is 0.481 e. The zero-order chi connectivity index (χ0) is 8.43. The standard InChI is InChI=1S/C9H14O2/c1-6-4-3-5-7(2)8(6)9(10)11/h4,7-8H,3,5H2,1-2H3,(H,10,11). The fraction of sp³-hybridized carbons (Fsp3) is 0.667.